The Hall–Kier alpha value is -3.32. The molecule has 1 aromatic heterocycles. The van der Waals surface area contributed by atoms with Crippen molar-refractivity contribution in [2.24, 2.45) is 0 Å². The number of thiophene rings is 1. The Morgan fingerprint density at radius 2 is 1.75 bits per heavy atom. The second kappa shape index (κ2) is 7.01. The van der Waals surface area contributed by atoms with Crippen molar-refractivity contribution in [2.45, 2.75) is 6.04 Å². The van der Waals surface area contributed by atoms with Crippen molar-refractivity contribution in [3.63, 3.8) is 0 Å². The molecular weight excluding hydrogens is 384 g/mol. The Balaban J connectivity index is 1.97. The number of amides is 1. The third kappa shape index (κ3) is 2.90. The first kappa shape index (κ1) is 18.1. The molecular formula is C21H13F2NO3S. The zero-order chi connectivity index (χ0) is 19.8. The highest BCUT2D eigenvalue weighted by molar-refractivity contribution is 7.10. The van der Waals surface area contributed by atoms with Crippen LogP contribution in [0.15, 0.2) is 71.6 Å². The molecule has 4 nitrogen and oxygen atoms in total. The van der Waals surface area contributed by atoms with Crippen LogP contribution in [0.1, 0.15) is 16.5 Å². The summed E-state index contributed by atoms with van der Waals surface area (Å²) in [6, 6.07) is 13.3. The summed E-state index contributed by atoms with van der Waals surface area (Å²) in [4.78, 5) is 27.0. The number of hydrogen-bond acceptors (Lipinski definition) is 4. The van der Waals surface area contributed by atoms with E-state index in [-0.39, 0.29) is 17.0 Å². The van der Waals surface area contributed by atoms with Crippen molar-refractivity contribution in [3.05, 3.63) is 93.7 Å². The molecule has 1 aliphatic rings. The van der Waals surface area contributed by atoms with E-state index >= 15 is 0 Å². The Bertz CT molecular complexity index is 1090. The summed E-state index contributed by atoms with van der Waals surface area (Å²) in [6.45, 7) is 0. The van der Waals surface area contributed by atoms with Gasteiger partial charge in [0.05, 0.1) is 11.3 Å². The van der Waals surface area contributed by atoms with Gasteiger partial charge in [0.2, 0.25) is 0 Å². The molecule has 1 unspecified atom stereocenters. The number of anilines is 1. The normalized spacial score (nSPS) is 18.6. The number of halogens is 2. The van der Waals surface area contributed by atoms with Gasteiger partial charge < -0.3 is 5.11 Å². The highest BCUT2D eigenvalue weighted by Gasteiger charge is 2.48. The van der Waals surface area contributed by atoms with Gasteiger partial charge >= 0.3 is 0 Å². The highest BCUT2D eigenvalue weighted by atomic mass is 32.1. The summed E-state index contributed by atoms with van der Waals surface area (Å²) in [6.07, 6.45) is 0. The van der Waals surface area contributed by atoms with E-state index in [9.17, 15) is 23.5 Å². The monoisotopic (exact) mass is 397 g/mol. The molecule has 1 amide bonds. The molecule has 0 spiro atoms. The fourth-order valence-corrected chi connectivity index (χ4v) is 4.04. The van der Waals surface area contributed by atoms with Gasteiger partial charge in [-0.15, -0.1) is 11.3 Å². The number of ketones is 1. The Morgan fingerprint density at radius 1 is 1.00 bits per heavy atom. The van der Waals surface area contributed by atoms with Crippen LogP contribution in [0.25, 0.3) is 5.76 Å². The van der Waals surface area contributed by atoms with Crippen LogP contribution in [0.3, 0.4) is 0 Å². The molecule has 28 heavy (non-hydrogen) atoms. The smallest absolute Gasteiger partial charge is 0.300 e. The van der Waals surface area contributed by atoms with E-state index in [1.54, 1.807) is 47.8 Å². The fraction of sp³-hybridized carbons (Fsp3) is 0.0476. The van der Waals surface area contributed by atoms with E-state index in [0.29, 0.717) is 10.4 Å². The Kier molecular flexibility index (Phi) is 4.52. The molecule has 1 saturated heterocycles. The van der Waals surface area contributed by atoms with Gasteiger partial charge in [-0.2, -0.15) is 0 Å². The molecule has 0 radical (unpaired) electrons. The molecule has 4 rings (SSSR count). The minimum Gasteiger partial charge on any atom is -0.507 e. The van der Waals surface area contributed by atoms with Crippen molar-refractivity contribution >= 4 is 34.5 Å². The minimum atomic E-state index is -1.06. The zero-order valence-electron chi connectivity index (χ0n) is 14.3. The SMILES string of the molecule is O=C1C(=O)N(c2cc(F)ccc2F)C(c2cccs2)/C1=C(/O)c1ccccc1. The topological polar surface area (TPSA) is 57.6 Å². The third-order valence-electron chi connectivity index (χ3n) is 4.47. The average molecular weight is 397 g/mol. The van der Waals surface area contributed by atoms with Gasteiger partial charge in [0.1, 0.15) is 23.4 Å². The first-order valence-corrected chi connectivity index (χ1v) is 9.22. The Morgan fingerprint density at radius 3 is 2.43 bits per heavy atom. The molecule has 0 saturated carbocycles. The standard InChI is InChI=1S/C21H13F2NO3S/c22-13-8-9-14(23)15(11-13)24-18(16-7-4-10-28-16)17(20(26)21(24)27)19(25)12-5-2-1-3-6-12/h1-11,18,25H/b19-17-. The number of hydrogen-bond donors (Lipinski definition) is 1. The number of aliphatic hydroxyl groups excluding tert-OH is 1. The summed E-state index contributed by atoms with van der Waals surface area (Å²) >= 11 is 1.24. The number of carbonyl (C=O) groups excluding carboxylic acids is 2. The molecule has 7 heteroatoms. The number of aliphatic hydroxyl groups is 1. The van der Waals surface area contributed by atoms with Crippen LogP contribution in [0, 0.1) is 11.6 Å². The van der Waals surface area contributed by atoms with Crippen molar-refractivity contribution in [1.29, 1.82) is 0 Å². The van der Waals surface area contributed by atoms with Gasteiger partial charge in [0.15, 0.2) is 0 Å². The van der Waals surface area contributed by atoms with Gasteiger partial charge in [-0.25, -0.2) is 8.78 Å². The summed E-state index contributed by atoms with van der Waals surface area (Å²) in [7, 11) is 0. The van der Waals surface area contributed by atoms with E-state index in [0.717, 1.165) is 23.1 Å². The summed E-state index contributed by atoms with van der Waals surface area (Å²) in [5, 5.41) is 12.5. The van der Waals surface area contributed by atoms with Crippen LogP contribution >= 0.6 is 11.3 Å². The van der Waals surface area contributed by atoms with Gasteiger partial charge in [0.25, 0.3) is 11.7 Å². The predicted octanol–water partition coefficient (Wildman–Crippen LogP) is 4.65. The number of rotatable bonds is 3. The van der Waals surface area contributed by atoms with Crippen molar-refractivity contribution < 1.29 is 23.5 Å². The van der Waals surface area contributed by atoms with E-state index in [4.69, 9.17) is 0 Å². The van der Waals surface area contributed by atoms with Gasteiger partial charge in [-0.3, -0.25) is 14.5 Å². The molecule has 0 aliphatic carbocycles. The number of carbonyl (C=O) groups is 2. The molecule has 1 fully saturated rings. The number of benzene rings is 2. The molecule has 1 N–H and O–H groups in total. The predicted molar refractivity (Wildman–Crippen MR) is 102 cm³/mol. The first-order chi connectivity index (χ1) is 13.5. The zero-order valence-corrected chi connectivity index (χ0v) is 15.1. The largest absolute Gasteiger partial charge is 0.507 e. The molecule has 1 atom stereocenters. The lowest BCUT2D eigenvalue weighted by molar-refractivity contribution is -0.132. The molecule has 2 aromatic carbocycles. The lowest BCUT2D eigenvalue weighted by atomic mass is 10.00. The molecule has 3 aromatic rings. The second-order valence-corrected chi connectivity index (χ2v) is 7.13. The minimum absolute atomic E-state index is 0.165. The van der Waals surface area contributed by atoms with Crippen LogP contribution in [0.2, 0.25) is 0 Å². The van der Waals surface area contributed by atoms with E-state index in [1.165, 1.54) is 11.3 Å². The van der Waals surface area contributed by atoms with Gasteiger partial charge in [-0.05, 0) is 23.6 Å². The van der Waals surface area contributed by atoms with Gasteiger partial charge in [-0.1, -0.05) is 36.4 Å². The summed E-state index contributed by atoms with van der Waals surface area (Å²) in [5.41, 5.74) is -0.170. The first-order valence-electron chi connectivity index (χ1n) is 8.34. The maximum atomic E-state index is 14.4. The van der Waals surface area contributed by atoms with Crippen molar-refractivity contribution in [2.75, 3.05) is 4.90 Å². The lowest BCUT2D eigenvalue weighted by Gasteiger charge is -2.24. The lowest BCUT2D eigenvalue weighted by Crippen LogP contribution is -2.30. The molecule has 140 valence electrons. The van der Waals surface area contributed by atoms with Crippen molar-refractivity contribution in [1.82, 2.24) is 0 Å². The van der Waals surface area contributed by atoms with Crippen LogP contribution in [-0.4, -0.2) is 16.8 Å². The van der Waals surface area contributed by atoms with Crippen LogP contribution in [-0.2, 0) is 9.59 Å². The third-order valence-corrected chi connectivity index (χ3v) is 5.40. The van der Waals surface area contributed by atoms with E-state index < -0.39 is 29.4 Å². The maximum absolute atomic E-state index is 14.4. The maximum Gasteiger partial charge on any atom is 0.300 e. The molecule has 2 heterocycles. The number of nitrogens with zero attached hydrogens (tertiary/aromatic N) is 1. The van der Waals surface area contributed by atoms with Crippen LogP contribution < -0.4 is 4.90 Å². The Labute approximate surface area is 163 Å². The molecule has 1 aliphatic heterocycles. The van der Waals surface area contributed by atoms with Gasteiger partial charge in [0, 0.05) is 16.5 Å². The number of Topliss-reactive ketones (excluding diaryl/α,β-unsaturated/α-hetero) is 1. The van der Waals surface area contributed by atoms with Crippen LogP contribution in [0.5, 0.6) is 0 Å². The van der Waals surface area contributed by atoms with E-state index in [1.807, 2.05) is 0 Å². The second-order valence-electron chi connectivity index (χ2n) is 6.15. The summed E-state index contributed by atoms with van der Waals surface area (Å²) < 4.78 is 28.2. The molecule has 0 bridgehead atoms. The quantitative estimate of drug-likeness (QED) is 0.398. The van der Waals surface area contributed by atoms with Crippen LogP contribution in [0.4, 0.5) is 14.5 Å². The van der Waals surface area contributed by atoms with E-state index in [2.05, 4.69) is 0 Å². The van der Waals surface area contributed by atoms with Crippen molar-refractivity contribution in [3.8, 4) is 0 Å². The highest BCUT2D eigenvalue weighted by Crippen LogP contribution is 2.44. The average Bonchev–Trinajstić information content (AvgIpc) is 3.31. The summed E-state index contributed by atoms with van der Waals surface area (Å²) in [5.74, 6) is -3.93. The fourth-order valence-electron chi connectivity index (χ4n) is 3.22.